The van der Waals surface area contributed by atoms with Gasteiger partial charge in [0, 0.05) is 16.1 Å². The predicted molar refractivity (Wildman–Crippen MR) is 121 cm³/mol. The van der Waals surface area contributed by atoms with Gasteiger partial charge in [-0.05, 0) is 56.0 Å². The number of halogens is 2. The molecule has 1 aliphatic carbocycles. The van der Waals surface area contributed by atoms with Gasteiger partial charge in [0.25, 0.3) is 0 Å². The van der Waals surface area contributed by atoms with Crippen LogP contribution < -0.4 is 10.1 Å². The van der Waals surface area contributed by atoms with Gasteiger partial charge in [0.2, 0.25) is 5.91 Å². The Kier molecular flexibility index (Phi) is 7.28. The first-order valence-corrected chi connectivity index (χ1v) is 11.1. The first-order chi connectivity index (χ1) is 14.4. The second-order valence-electron chi connectivity index (χ2n) is 7.88. The summed E-state index contributed by atoms with van der Waals surface area (Å²) in [4.78, 5) is 13.6. The highest BCUT2D eigenvalue weighted by Crippen LogP contribution is 2.44. The first-order valence-electron chi connectivity index (χ1n) is 10.4. The maximum atomic E-state index is 13.6. The summed E-state index contributed by atoms with van der Waals surface area (Å²) in [5.74, 6) is 0.477. The van der Waals surface area contributed by atoms with Crippen LogP contribution in [0.2, 0.25) is 10.0 Å². The number of carbonyl (C=O) groups is 1. The molecule has 2 aromatic carbocycles. The van der Waals surface area contributed by atoms with Gasteiger partial charge < -0.3 is 10.1 Å². The molecule has 0 heterocycles. The fraction of sp³-hybridized carbons (Fsp3) is 0.417. The van der Waals surface area contributed by atoms with Gasteiger partial charge in [-0.1, -0.05) is 55.5 Å². The van der Waals surface area contributed by atoms with Crippen molar-refractivity contribution in [1.82, 2.24) is 0 Å². The molecule has 0 aliphatic heterocycles. The van der Waals surface area contributed by atoms with Crippen LogP contribution >= 0.6 is 23.2 Å². The topological polar surface area (TPSA) is 62.1 Å². The molecule has 0 spiro atoms. The Morgan fingerprint density at radius 3 is 2.57 bits per heavy atom. The molecule has 0 bridgehead atoms. The standard InChI is InChI=1S/C24H26Cl2N2O2/c1-3-16(2)30-19-8-10-22(17(13-19)15-27)28-23(29)24(11-5-4-6-12-24)20-9-7-18(25)14-21(20)26/h7-10,13-14,16H,3-6,11-12H2,1-2H3,(H,28,29)/t16-/m0/s1. The van der Waals surface area contributed by atoms with Gasteiger partial charge in [-0.3, -0.25) is 4.79 Å². The number of benzene rings is 2. The summed E-state index contributed by atoms with van der Waals surface area (Å²) in [6.07, 6.45) is 5.30. The molecule has 30 heavy (non-hydrogen) atoms. The molecule has 1 aliphatic rings. The summed E-state index contributed by atoms with van der Waals surface area (Å²) in [7, 11) is 0. The summed E-state index contributed by atoms with van der Waals surface area (Å²) in [6, 6.07) is 12.7. The Hall–Kier alpha value is -2.22. The van der Waals surface area contributed by atoms with Crippen molar-refractivity contribution in [2.45, 2.75) is 63.9 Å². The van der Waals surface area contributed by atoms with Gasteiger partial charge in [-0.25, -0.2) is 0 Å². The first kappa shape index (κ1) is 22.5. The van der Waals surface area contributed by atoms with Gasteiger partial charge in [-0.15, -0.1) is 0 Å². The third-order valence-electron chi connectivity index (χ3n) is 5.86. The molecule has 0 radical (unpaired) electrons. The van der Waals surface area contributed by atoms with Crippen molar-refractivity contribution >= 4 is 34.8 Å². The summed E-state index contributed by atoms with van der Waals surface area (Å²) in [5.41, 5.74) is 0.908. The molecule has 0 saturated heterocycles. The maximum absolute atomic E-state index is 13.6. The van der Waals surface area contributed by atoms with Gasteiger partial charge in [0.05, 0.1) is 22.8 Å². The van der Waals surface area contributed by atoms with E-state index >= 15 is 0 Å². The van der Waals surface area contributed by atoms with E-state index in [0.29, 0.717) is 39.9 Å². The van der Waals surface area contributed by atoms with Crippen LogP contribution in [0.15, 0.2) is 36.4 Å². The lowest BCUT2D eigenvalue weighted by molar-refractivity contribution is -0.122. The average molecular weight is 445 g/mol. The molecule has 1 N–H and O–H groups in total. The summed E-state index contributed by atoms with van der Waals surface area (Å²) in [6.45, 7) is 4.01. The molecule has 1 amide bonds. The van der Waals surface area contributed by atoms with Crippen LogP contribution in [0.4, 0.5) is 5.69 Å². The lowest BCUT2D eigenvalue weighted by atomic mass is 9.68. The normalized spacial score (nSPS) is 16.4. The van der Waals surface area contributed by atoms with E-state index in [1.54, 1.807) is 30.3 Å². The maximum Gasteiger partial charge on any atom is 0.235 e. The molecular formula is C24H26Cl2N2O2. The highest BCUT2D eigenvalue weighted by Gasteiger charge is 2.42. The van der Waals surface area contributed by atoms with E-state index in [9.17, 15) is 10.1 Å². The molecule has 0 unspecified atom stereocenters. The summed E-state index contributed by atoms with van der Waals surface area (Å²) >= 11 is 12.6. The second kappa shape index (κ2) is 9.73. The Labute approximate surface area is 188 Å². The minimum atomic E-state index is -0.738. The van der Waals surface area contributed by atoms with Crippen molar-refractivity contribution < 1.29 is 9.53 Å². The number of rotatable bonds is 6. The Balaban J connectivity index is 1.92. The number of hydrogen-bond acceptors (Lipinski definition) is 3. The zero-order chi connectivity index (χ0) is 21.7. The molecule has 2 aromatic rings. The molecule has 6 heteroatoms. The minimum absolute atomic E-state index is 0.0505. The fourth-order valence-corrected chi connectivity index (χ4v) is 4.60. The zero-order valence-electron chi connectivity index (χ0n) is 17.3. The molecule has 158 valence electrons. The van der Waals surface area contributed by atoms with E-state index in [-0.39, 0.29) is 12.0 Å². The third kappa shape index (κ3) is 4.74. The molecule has 1 atom stereocenters. The SMILES string of the molecule is CC[C@H](C)Oc1ccc(NC(=O)C2(c3ccc(Cl)cc3Cl)CCCCC2)c(C#N)c1. The van der Waals surface area contributed by atoms with Crippen LogP contribution in [-0.2, 0) is 10.2 Å². The van der Waals surface area contributed by atoms with Gasteiger partial charge >= 0.3 is 0 Å². The zero-order valence-corrected chi connectivity index (χ0v) is 18.8. The van der Waals surface area contributed by atoms with Crippen molar-refractivity contribution in [3.05, 3.63) is 57.6 Å². The van der Waals surface area contributed by atoms with Gasteiger partial charge in [0.1, 0.15) is 11.8 Å². The van der Waals surface area contributed by atoms with Crippen molar-refractivity contribution in [2.24, 2.45) is 0 Å². The van der Waals surface area contributed by atoms with Crippen LogP contribution in [0, 0.1) is 11.3 Å². The van der Waals surface area contributed by atoms with Crippen molar-refractivity contribution in [1.29, 1.82) is 5.26 Å². The largest absolute Gasteiger partial charge is 0.491 e. The lowest BCUT2D eigenvalue weighted by Gasteiger charge is -2.37. The van der Waals surface area contributed by atoms with Gasteiger partial charge in [0.15, 0.2) is 0 Å². The van der Waals surface area contributed by atoms with Crippen molar-refractivity contribution in [2.75, 3.05) is 5.32 Å². The highest BCUT2D eigenvalue weighted by atomic mass is 35.5. The van der Waals surface area contributed by atoms with E-state index in [0.717, 1.165) is 31.2 Å². The number of nitrogens with zero attached hydrogens (tertiary/aromatic N) is 1. The van der Waals surface area contributed by atoms with E-state index in [1.165, 1.54) is 0 Å². The molecule has 1 saturated carbocycles. The number of hydrogen-bond donors (Lipinski definition) is 1. The van der Waals surface area contributed by atoms with Crippen molar-refractivity contribution in [3.8, 4) is 11.8 Å². The number of nitrogens with one attached hydrogen (secondary N) is 1. The summed E-state index contributed by atoms with van der Waals surface area (Å²) < 4.78 is 5.80. The third-order valence-corrected chi connectivity index (χ3v) is 6.41. The second-order valence-corrected chi connectivity index (χ2v) is 8.72. The van der Waals surface area contributed by atoms with Crippen LogP contribution in [0.5, 0.6) is 5.75 Å². The molecule has 1 fully saturated rings. The number of carbonyl (C=O) groups excluding carboxylic acids is 1. The highest BCUT2D eigenvalue weighted by molar-refractivity contribution is 6.35. The fourth-order valence-electron chi connectivity index (χ4n) is 4.01. The van der Waals surface area contributed by atoms with Crippen LogP contribution in [0.3, 0.4) is 0 Å². The number of amides is 1. The summed E-state index contributed by atoms with van der Waals surface area (Å²) in [5, 5.41) is 13.7. The quantitative estimate of drug-likeness (QED) is 0.527. The Morgan fingerprint density at radius 1 is 1.20 bits per heavy atom. The minimum Gasteiger partial charge on any atom is -0.491 e. The van der Waals surface area contributed by atoms with E-state index in [4.69, 9.17) is 27.9 Å². The number of nitriles is 1. The lowest BCUT2D eigenvalue weighted by Crippen LogP contribution is -2.42. The van der Waals surface area contributed by atoms with Crippen LogP contribution in [0.1, 0.15) is 63.5 Å². The number of ether oxygens (including phenoxy) is 1. The Morgan fingerprint density at radius 2 is 1.93 bits per heavy atom. The van der Waals surface area contributed by atoms with Crippen LogP contribution in [-0.4, -0.2) is 12.0 Å². The molecule has 3 rings (SSSR count). The Bertz CT molecular complexity index is 962. The van der Waals surface area contributed by atoms with E-state index in [2.05, 4.69) is 11.4 Å². The monoisotopic (exact) mass is 444 g/mol. The molecular weight excluding hydrogens is 419 g/mol. The average Bonchev–Trinajstić information content (AvgIpc) is 2.75. The molecule has 0 aromatic heterocycles. The van der Waals surface area contributed by atoms with E-state index < -0.39 is 5.41 Å². The number of anilines is 1. The van der Waals surface area contributed by atoms with E-state index in [1.807, 2.05) is 19.9 Å². The van der Waals surface area contributed by atoms with Gasteiger partial charge in [-0.2, -0.15) is 5.26 Å². The van der Waals surface area contributed by atoms with Crippen LogP contribution in [0.25, 0.3) is 0 Å². The predicted octanol–water partition coefficient (Wildman–Crippen LogP) is 6.88. The molecule has 4 nitrogen and oxygen atoms in total. The smallest absolute Gasteiger partial charge is 0.235 e. The van der Waals surface area contributed by atoms with Crippen molar-refractivity contribution in [3.63, 3.8) is 0 Å².